The number of aliphatic hydroxyl groups excluding tert-OH is 1. The summed E-state index contributed by atoms with van der Waals surface area (Å²) in [5.74, 6) is 0. The molecular formula is C15H16BrNO3S. The van der Waals surface area contributed by atoms with Crippen LogP contribution >= 0.6 is 15.9 Å². The summed E-state index contributed by atoms with van der Waals surface area (Å²) in [5, 5.41) is 9.55. The molecule has 6 heteroatoms. The number of halogens is 1. The minimum Gasteiger partial charge on any atom is -0.389 e. The highest BCUT2D eigenvalue weighted by atomic mass is 79.9. The number of hydrogen-bond acceptors (Lipinski definition) is 3. The molecule has 0 bridgehead atoms. The molecular weight excluding hydrogens is 354 g/mol. The predicted molar refractivity (Wildman–Crippen MR) is 86.8 cm³/mol. The van der Waals surface area contributed by atoms with E-state index in [9.17, 15) is 13.5 Å². The maximum Gasteiger partial charge on any atom is 0.261 e. The second kappa shape index (κ2) is 6.17. The van der Waals surface area contributed by atoms with Crippen molar-refractivity contribution in [1.82, 2.24) is 0 Å². The van der Waals surface area contributed by atoms with E-state index in [0.717, 1.165) is 10.0 Å². The second-order valence-corrected chi connectivity index (χ2v) is 7.35. The summed E-state index contributed by atoms with van der Waals surface area (Å²) in [7, 11) is -3.68. The lowest BCUT2D eigenvalue weighted by Crippen LogP contribution is -2.13. The zero-order valence-electron chi connectivity index (χ0n) is 11.7. The number of anilines is 1. The van der Waals surface area contributed by atoms with Gasteiger partial charge in [-0.2, -0.15) is 0 Å². The van der Waals surface area contributed by atoms with Crippen LogP contribution in [0.5, 0.6) is 0 Å². The summed E-state index contributed by atoms with van der Waals surface area (Å²) in [4.78, 5) is 0.123. The Labute approximate surface area is 133 Å². The van der Waals surface area contributed by atoms with Gasteiger partial charge in [0.25, 0.3) is 10.0 Å². The van der Waals surface area contributed by atoms with Gasteiger partial charge in [-0.1, -0.05) is 34.1 Å². The van der Waals surface area contributed by atoms with E-state index in [2.05, 4.69) is 20.7 Å². The molecule has 0 saturated heterocycles. The molecule has 2 N–H and O–H groups in total. The third-order valence-electron chi connectivity index (χ3n) is 3.07. The molecule has 1 atom stereocenters. The monoisotopic (exact) mass is 369 g/mol. The summed E-state index contributed by atoms with van der Waals surface area (Å²) in [6, 6.07) is 11.5. The highest BCUT2D eigenvalue weighted by Gasteiger charge is 2.16. The van der Waals surface area contributed by atoms with Gasteiger partial charge in [-0.05, 0) is 49.2 Å². The summed E-state index contributed by atoms with van der Waals surface area (Å²) >= 11 is 3.37. The number of aliphatic hydroxyl groups is 1. The molecule has 0 fully saturated rings. The third kappa shape index (κ3) is 3.84. The van der Waals surface area contributed by atoms with Crippen LogP contribution in [0.3, 0.4) is 0 Å². The molecule has 112 valence electrons. The van der Waals surface area contributed by atoms with Crippen molar-refractivity contribution < 1.29 is 13.5 Å². The van der Waals surface area contributed by atoms with Gasteiger partial charge in [0.2, 0.25) is 0 Å². The normalized spacial score (nSPS) is 13.0. The summed E-state index contributed by atoms with van der Waals surface area (Å²) in [6.45, 7) is 3.52. The molecule has 0 amide bonds. The Morgan fingerprint density at radius 3 is 2.52 bits per heavy atom. The molecule has 1 unspecified atom stereocenters. The van der Waals surface area contributed by atoms with Crippen molar-refractivity contribution in [3.8, 4) is 0 Å². The van der Waals surface area contributed by atoms with E-state index < -0.39 is 16.1 Å². The Hall–Kier alpha value is -1.37. The van der Waals surface area contributed by atoms with Crippen molar-refractivity contribution in [1.29, 1.82) is 0 Å². The first-order valence-electron chi connectivity index (χ1n) is 6.36. The zero-order valence-corrected chi connectivity index (χ0v) is 14.1. The fourth-order valence-electron chi connectivity index (χ4n) is 1.81. The zero-order chi connectivity index (χ0) is 15.6. The molecule has 0 saturated carbocycles. The van der Waals surface area contributed by atoms with E-state index in [1.165, 1.54) is 12.1 Å². The second-order valence-electron chi connectivity index (χ2n) is 4.82. The van der Waals surface area contributed by atoms with Crippen LogP contribution in [-0.4, -0.2) is 13.5 Å². The van der Waals surface area contributed by atoms with Gasteiger partial charge >= 0.3 is 0 Å². The number of sulfonamides is 1. The van der Waals surface area contributed by atoms with Gasteiger partial charge < -0.3 is 5.11 Å². The molecule has 0 aromatic heterocycles. The molecule has 0 heterocycles. The third-order valence-corrected chi connectivity index (χ3v) is 5.31. The number of benzene rings is 2. The lowest BCUT2D eigenvalue weighted by molar-refractivity contribution is 0.199. The van der Waals surface area contributed by atoms with Gasteiger partial charge in [-0.3, -0.25) is 4.72 Å². The first-order chi connectivity index (χ1) is 9.79. The summed E-state index contributed by atoms with van der Waals surface area (Å²) < 4.78 is 28.1. The first kappa shape index (κ1) is 16.0. The lowest BCUT2D eigenvalue weighted by Gasteiger charge is -2.11. The van der Waals surface area contributed by atoms with Crippen molar-refractivity contribution in [2.24, 2.45) is 0 Å². The van der Waals surface area contributed by atoms with Gasteiger partial charge in [-0.15, -0.1) is 0 Å². The Kier molecular flexibility index (Phi) is 4.70. The molecule has 0 aliphatic carbocycles. The van der Waals surface area contributed by atoms with E-state index in [1.807, 2.05) is 13.0 Å². The standard InChI is InChI=1S/C15H16BrNO3S/c1-10-6-7-13(9-15(10)16)17-21(19,20)14-5-3-4-12(8-14)11(2)18/h3-9,11,17-18H,1-2H3. The van der Waals surface area contributed by atoms with Gasteiger partial charge in [0.15, 0.2) is 0 Å². The van der Waals surface area contributed by atoms with Crippen molar-refractivity contribution >= 4 is 31.6 Å². The fraction of sp³-hybridized carbons (Fsp3) is 0.200. The van der Waals surface area contributed by atoms with Gasteiger partial charge in [0.1, 0.15) is 0 Å². The molecule has 2 aromatic rings. The molecule has 0 spiro atoms. The molecule has 2 aromatic carbocycles. The van der Waals surface area contributed by atoms with E-state index in [-0.39, 0.29) is 4.90 Å². The molecule has 21 heavy (non-hydrogen) atoms. The van der Waals surface area contributed by atoms with Crippen LogP contribution in [0, 0.1) is 6.92 Å². The van der Waals surface area contributed by atoms with Crippen molar-refractivity contribution in [2.75, 3.05) is 4.72 Å². The van der Waals surface area contributed by atoms with Gasteiger partial charge in [-0.25, -0.2) is 8.42 Å². The number of aryl methyl sites for hydroxylation is 1. The maximum absolute atomic E-state index is 12.4. The van der Waals surface area contributed by atoms with Crippen molar-refractivity contribution in [3.63, 3.8) is 0 Å². The van der Waals surface area contributed by atoms with Crippen LogP contribution in [0.25, 0.3) is 0 Å². The summed E-state index contributed by atoms with van der Waals surface area (Å²) in [5.41, 5.74) is 2.06. The van der Waals surface area contributed by atoms with Gasteiger partial charge in [0.05, 0.1) is 11.0 Å². The molecule has 0 aliphatic rings. The van der Waals surface area contributed by atoms with Crippen molar-refractivity contribution in [2.45, 2.75) is 24.8 Å². The Bertz CT molecular complexity index is 757. The smallest absolute Gasteiger partial charge is 0.261 e. The first-order valence-corrected chi connectivity index (χ1v) is 8.64. The average Bonchev–Trinajstić information content (AvgIpc) is 2.43. The Balaban J connectivity index is 2.33. The molecule has 2 rings (SSSR count). The van der Waals surface area contributed by atoms with Gasteiger partial charge in [0, 0.05) is 10.2 Å². The van der Waals surface area contributed by atoms with E-state index in [0.29, 0.717) is 11.3 Å². The molecule has 0 radical (unpaired) electrons. The quantitative estimate of drug-likeness (QED) is 0.864. The molecule has 0 aliphatic heterocycles. The van der Waals surface area contributed by atoms with Crippen LogP contribution < -0.4 is 4.72 Å². The Morgan fingerprint density at radius 2 is 1.90 bits per heavy atom. The van der Waals surface area contributed by atoms with Crippen LogP contribution in [0.1, 0.15) is 24.2 Å². The van der Waals surface area contributed by atoms with E-state index >= 15 is 0 Å². The Morgan fingerprint density at radius 1 is 1.19 bits per heavy atom. The van der Waals surface area contributed by atoms with E-state index in [1.54, 1.807) is 31.2 Å². The fourth-order valence-corrected chi connectivity index (χ4v) is 3.29. The topological polar surface area (TPSA) is 66.4 Å². The number of rotatable bonds is 4. The average molecular weight is 370 g/mol. The SMILES string of the molecule is Cc1ccc(NS(=O)(=O)c2cccc(C(C)O)c2)cc1Br. The lowest BCUT2D eigenvalue weighted by atomic mass is 10.1. The predicted octanol–water partition coefficient (Wildman–Crippen LogP) is 3.61. The molecule has 4 nitrogen and oxygen atoms in total. The van der Waals surface area contributed by atoms with Crippen LogP contribution in [0.2, 0.25) is 0 Å². The van der Waals surface area contributed by atoms with Crippen LogP contribution in [0.4, 0.5) is 5.69 Å². The number of nitrogens with one attached hydrogen (secondary N) is 1. The largest absolute Gasteiger partial charge is 0.389 e. The minimum atomic E-state index is -3.68. The maximum atomic E-state index is 12.4. The van der Waals surface area contributed by atoms with Crippen molar-refractivity contribution in [3.05, 3.63) is 58.1 Å². The highest BCUT2D eigenvalue weighted by Crippen LogP contribution is 2.24. The van der Waals surface area contributed by atoms with E-state index in [4.69, 9.17) is 0 Å². The minimum absolute atomic E-state index is 0.123. The van der Waals surface area contributed by atoms with Crippen LogP contribution in [-0.2, 0) is 10.0 Å². The highest BCUT2D eigenvalue weighted by molar-refractivity contribution is 9.10. The van der Waals surface area contributed by atoms with Crippen LogP contribution in [0.15, 0.2) is 51.8 Å². The number of hydrogen-bond donors (Lipinski definition) is 2. The summed E-state index contributed by atoms with van der Waals surface area (Å²) in [6.07, 6.45) is -0.714.